The highest BCUT2D eigenvalue weighted by Crippen LogP contribution is 2.31. The lowest BCUT2D eigenvalue weighted by Gasteiger charge is -2.28. The molecule has 1 aromatic rings. The van der Waals surface area contributed by atoms with Gasteiger partial charge in [0.25, 0.3) is 5.91 Å². The number of hydrogen-bond donors (Lipinski definition) is 1. The van der Waals surface area contributed by atoms with Crippen LogP contribution in [0.2, 0.25) is 0 Å². The smallest absolute Gasteiger partial charge is 0.256 e. The van der Waals surface area contributed by atoms with Gasteiger partial charge < -0.3 is 15.0 Å². The van der Waals surface area contributed by atoms with Crippen LogP contribution in [0.3, 0.4) is 0 Å². The predicted molar refractivity (Wildman–Crippen MR) is 69.7 cm³/mol. The fourth-order valence-corrected chi connectivity index (χ4v) is 2.94. The fourth-order valence-electron chi connectivity index (χ4n) is 2.94. The number of methoxy groups -OCH3 is 1. The van der Waals surface area contributed by atoms with Gasteiger partial charge in [0.15, 0.2) is 0 Å². The van der Waals surface area contributed by atoms with Gasteiger partial charge in [0, 0.05) is 19.3 Å². The molecule has 2 heterocycles. The van der Waals surface area contributed by atoms with Crippen molar-refractivity contribution in [3.63, 3.8) is 0 Å². The molecule has 0 radical (unpaired) electrons. The van der Waals surface area contributed by atoms with Crippen molar-refractivity contribution in [3.8, 4) is 0 Å². The van der Waals surface area contributed by atoms with Gasteiger partial charge in [0.1, 0.15) is 6.23 Å². The van der Waals surface area contributed by atoms with E-state index in [4.69, 9.17) is 4.74 Å². The van der Waals surface area contributed by atoms with E-state index < -0.39 is 0 Å². The summed E-state index contributed by atoms with van der Waals surface area (Å²) in [7, 11) is 1.69. The highest BCUT2D eigenvalue weighted by Gasteiger charge is 2.39. The molecule has 1 N–H and O–H groups in total. The highest BCUT2D eigenvalue weighted by molar-refractivity contribution is 6.00. The number of hydrogen-bond acceptors (Lipinski definition) is 3. The molecule has 0 saturated carbocycles. The number of nitrogens with one attached hydrogen (secondary N) is 1. The summed E-state index contributed by atoms with van der Waals surface area (Å²) in [6, 6.07) is 6.09. The number of rotatable bonds is 1. The van der Waals surface area contributed by atoms with Gasteiger partial charge in [0.05, 0.1) is 11.6 Å². The second-order valence-corrected chi connectivity index (χ2v) is 5.06. The Morgan fingerprint density at radius 2 is 2.28 bits per heavy atom. The summed E-state index contributed by atoms with van der Waals surface area (Å²) in [4.78, 5) is 14.5. The normalized spacial score (nSPS) is 26.3. The van der Waals surface area contributed by atoms with Crippen LogP contribution in [0.5, 0.6) is 0 Å². The number of carbonyl (C=O) groups excluding carboxylic acids is 1. The maximum absolute atomic E-state index is 12.6. The van der Waals surface area contributed by atoms with Crippen molar-refractivity contribution in [2.24, 2.45) is 0 Å². The van der Waals surface area contributed by atoms with Gasteiger partial charge in [0.2, 0.25) is 0 Å². The van der Waals surface area contributed by atoms with E-state index in [0.717, 1.165) is 36.2 Å². The van der Waals surface area contributed by atoms with E-state index in [1.54, 1.807) is 7.11 Å². The first kappa shape index (κ1) is 11.5. The van der Waals surface area contributed by atoms with Crippen molar-refractivity contribution in [1.82, 2.24) is 4.90 Å². The van der Waals surface area contributed by atoms with Crippen LogP contribution >= 0.6 is 0 Å². The molecule has 0 aliphatic carbocycles. The van der Waals surface area contributed by atoms with Crippen LogP contribution in [0.1, 0.15) is 28.8 Å². The Bertz CT molecular complexity index is 487. The van der Waals surface area contributed by atoms with Crippen molar-refractivity contribution >= 4 is 11.6 Å². The van der Waals surface area contributed by atoms with E-state index in [0.29, 0.717) is 0 Å². The standard InChI is InChI=1S/C14H18N2O2/c1-9-5-6-11-10(8-9)14(17)16-7-3-4-12(16)13(15-11)18-2/h5-6,8,12-13,15H,3-4,7H2,1-2H3. The van der Waals surface area contributed by atoms with Gasteiger partial charge >= 0.3 is 0 Å². The Labute approximate surface area is 107 Å². The summed E-state index contributed by atoms with van der Waals surface area (Å²) in [5.74, 6) is 0.128. The van der Waals surface area contributed by atoms with Crippen molar-refractivity contribution < 1.29 is 9.53 Å². The first-order valence-corrected chi connectivity index (χ1v) is 6.41. The average Bonchev–Trinajstić information content (AvgIpc) is 2.81. The van der Waals surface area contributed by atoms with Crippen molar-refractivity contribution in [2.75, 3.05) is 19.0 Å². The van der Waals surface area contributed by atoms with E-state index in [9.17, 15) is 4.79 Å². The number of ether oxygens (including phenoxy) is 1. The molecular weight excluding hydrogens is 228 g/mol. The van der Waals surface area contributed by atoms with Crippen LogP contribution in [0, 0.1) is 6.92 Å². The van der Waals surface area contributed by atoms with Gasteiger partial charge in [-0.3, -0.25) is 4.79 Å². The zero-order valence-corrected chi connectivity index (χ0v) is 10.8. The van der Waals surface area contributed by atoms with Crippen molar-refractivity contribution in [2.45, 2.75) is 32.0 Å². The Morgan fingerprint density at radius 3 is 3.06 bits per heavy atom. The highest BCUT2D eigenvalue weighted by atomic mass is 16.5. The number of carbonyl (C=O) groups is 1. The molecule has 4 heteroatoms. The van der Waals surface area contributed by atoms with E-state index >= 15 is 0 Å². The molecule has 1 amide bonds. The molecule has 2 atom stereocenters. The van der Waals surface area contributed by atoms with Gasteiger partial charge in [-0.2, -0.15) is 0 Å². The molecule has 1 aromatic carbocycles. The van der Waals surface area contributed by atoms with E-state index in [1.807, 2.05) is 30.0 Å². The lowest BCUT2D eigenvalue weighted by molar-refractivity contribution is 0.0420. The molecule has 1 fully saturated rings. The number of fused-ring (bicyclic) bond motifs is 2. The first-order valence-electron chi connectivity index (χ1n) is 6.41. The lowest BCUT2D eigenvalue weighted by Crippen LogP contribution is -2.44. The zero-order valence-electron chi connectivity index (χ0n) is 10.8. The monoisotopic (exact) mass is 246 g/mol. The number of anilines is 1. The molecule has 1 saturated heterocycles. The largest absolute Gasteiger partial charge is 0.360 e. The third kappa shape index (κ3) is 1.68. The Balaban J connectivity index is 2.07. The maximum atomic E-state index is 12.6. The average molecular weight is 246 g/mol. The number of nitrogens with zero attached hydrogens (tertiary/aromatic N) is 1. The zero-order chi connectivity index (χ0) is 12.7. The molecule has 0 aromatic heterocycles. The fraction of sp³-hybridized carbons (Fsp3) is 0.500. The Kier molecular flexibility index (Phi) is 2.74. The van der Waals surface area contributed by atoms with Gasteiger partial charge in [-0.1, -0.05) is 11.6 Å². The summed E-state index contributed by atoms with van der Waals surface area (Å²) in [5.41, 5.74) is 2.75. The van der Waals surface area contributed by atoms with E-state index in [1.165, 1.54) is 0 Å². The molecule has 0 spiro atoms. The first-order chi connectivity index (χ1) is 8.70. The molecule has 2 unspecified atom stereocenters. The number of amides is 1. The minimum Gasteiger partial charge on any atom is -0.360 e. The van der Waals surface area contributed by atoms with E-state index in [2.05, 4.69) is 5.32 Å². The molecule has 2 aliphatic rings. The van der Waals surface area contributed by atoms with Crippen molar-refractivity contribution in [3.05, 3.63) is 29.3 Å². The third-order valence-corrected chi connectivity index (χ3v) is 3.87. The summed E-state index contributed by atoms with van der Waals surface area (Å²) >= 11 is 0. The summed E-state index contributed by atoms with van der Waals surface area (Å²) in [6.45, 7) is 2.84. The topological polar surface area (TPSA) is 41.6 Å². The van der Waals surface area contributed by atoms with Gasteiger partial charge in [-0.25, -0.2) is 0 Å². The quantitative estimate of drug-likeness (QED) is 0.824. The Morgan fingerprint density at radius 1 is 1.44 bits per heavy atom. The molecular formula is C14H18N2O2. The minimum atomic E-state index is -0.111. The molecule has 0 bridgehead atoms. The second kappa shape index (κ2) is 4.28. The summed E-state index contributed by atoms with van der Waals surface area (Å²) in [5, 5.41) is 3.35. The van der Waals surface area contributed by atoms with Crippen molar-refractivity contribution in [1.29, 1.82) is 0 Å². The van der Waals surface area contributed by atoms with Crippen LogP contribution < -0.4 is 5.32 Å². The lowest BCUT2D eigenvalue weighted by atomic mass is 10.1. The SMILES string of the molecule is COC1Nc2ccc(C)cc2C(=O)N2CCCC12. The molecule has 4 nitrogen and oxygen atoms in total. The number of aryl methyl sites for hydroxylation is 1. The molecule has 3 rings (SSSR count). The summed E-state index contributed by atoms with van der Waals surface area (Å²) in [6.07, 6.45) is 1.95. The van der Waals surface area contributed by atoms with Gasteiger partial charge in [-0.05, 0) is 31.9 Å². The van der Waals surface area contributed by atoms with Crippen LogP contribution in [0.4, 0.5) is 5.69 Å². The second-order valence-electron chi connectivity index (χ2n) is 5.06. The maximum Gasteiger partial charge on any atom is 0.256 e. The predicted octanol–water partition coefficient (Wildman–Crippen LogP) is 2.00. The molecule has 2 aliphatic heterocycles. The van der Waals surface area contributed by atoms with Crippen LogP contribution in [-0.2, 0) is 4.74 Å². The molecule has 96 valence electrons. The molecule has 18 heavy (non-hydrogen) atoms. The van der Waals surface area contributed by atoms with Crippen LogP contribution in [0.25, 0.3) is 0 Å². The number of benzene rings is 1. The minimum absolute atomic E-state index is 0.111. The van der Waals surface area contributed by atoms with E-state index in [-0.39, 0.29) is 18.2 Å². The Hall–Kier alpha value is -1.55. The summed E-state index contributed by atoms with van der Waals surface area (Å²) < 4.78 is 5.52. The van der Waals surface area contributed by atoms with Crippen LogP contribution in [0.15, 0.2) is 18.2 Å². The third-order valence-electron chi connectivity index (χ3n) is 3.87. The van der Waals surface area contributed by atoms with Gasteiger partial charge in [-0.15, -0.1) is 0 Å². The van der Waals surface area contributed by atoms with Crippen LogP contribution in [-0.4, -0.2) is 36.7 Å².